The molecule has 2 radical (unpaired) electrons. The number of rotatable bonds is 3. The summed E-state index contributed by atoms with van der Waals surface area (Å²) in [6.45, 7) is 9.27. The lowest BCUT2D eigenvalue weighted by Crippen LogP contribution is -2.71. The standard InChI is InChI=1S/C30H46BNO5/c1-17-13-25(36-18(2)26(17)34)37-21-7-9-27(3)20(15-21)5-6-23-29(31)10-8-22(19-14-24(33)35-16-19)28(29,4)11-12-30(23,27)32/h14,17-18,20-23,25-26,34H,5-13,15-16,32H2,1-4H3/t17-,18-,20?,21-,22+,23?,25?,26-,27-,28+,29+,30?/m0/s1. The highest BCUT2D eigenvalue weighted by molar-refractivity contribution is 6.16. The minimum atomic E-state index is -0.421. The number of ether oxygens (including phenoxy) is 3. The Hall–Kier alpha value is -0.885. The monoisotopic (exact) mass is 511 g/mol. The fraction of sp³-hybridized carbons (Fsp3) is 0.900. The minimum Gasteiger partial charge on any atom is -0.458 e. The lowest BCUT2D eigenvalue weighted by atomic mass is 9.33. The first kappa shape index (κ1) is 26.3. The van der Waals surface area contributed by atoms with E-state index in [1.54, 1.807) is 6.08 Å². The summed E-state index contributed by atoms with van der Waals surface area (Å²) < 4.78 is 17.8. The normalized spacial score (nSPS) is 55.6. The first-order valence-electron chi connectivity index (χ1n) is 14.9. The Labute approximate surface area is 223 Å². The molecule has 4 aliphatic carbocycles. The van der Waals surface area contributed by atoms with E-state index in [1.807, 2.05) is 6.92 Å². The summed E-state index contributed by atoms with van der Waals surface area (Å²) in [5.74, 6) is 1.09. The van der Waals surface area contributed by atoms with Crippen molar-refractivity contribution >= 4 is 13.8 Å². The van der Waals surface area contributed by atoms with Gasteiger partial charge in [-0.3, -0.25) is 0 Å². The Kier molecular flexibility index (Phi) is 6.27. The first-order chi connectivity index (χ1) is 17.4. The van der Waals surface area contributed by atoms with E-state index < -0.39 is 6.10 Å². The van der Waals surface area contributed by atoms with Crippen LogP contribution in [-0.4, -0.2) is 55.7 Å². The highest BCUT2D eigenvalue weighted by atomic mass is 16.7. The zero-order valence-corrected chi connectivity index (χ0v) is 23.2. The highest BCUT2D eigenvalue weighted by Gasteiger charge is 2.70. The molecule has 0 spiro atoms. The lowest BCUT2D eigenvalue weighted by molar-refractivity contribution is -0.259. The molecule has 2 heterocycles. The van der Waals surface area contributed by atoms with Gasteiger partial charge in [0.25, 0.3) is 0 Å². The van der Waals surface area contributed by atoms with Crippen molar-refractivity contribution < 1.29 is 24.1 Å². The largest absolute Gasteiger partial charge is 0.458 e. The fourth-order valence-electron chi connectivity index (χ4n) is 10.3. The number of hydrogen-bond acceptors (Lipinski definition) is 6. The van der Waals surface area contributed by atoms with E-state index in [4.69, 9.17) is 27.8 Å². The van der Waals surface area contributed by atoms with E-state index in [-0.39, 0.29) is 58.0 Å². The number of carbonyl (C=O) groups excluding carboxylic acids is 1. The summed E-state index contributed by atoms with van der Waals surface area (Å²) in [4.78, 5) is 11.9. The van der Waals surface area contributed by atoms with Crippen LogP contribution in [0.4, 0.5) is 0 Å². The Morgan fingerprint density at radius 3 is 2.54 bits per heavy atom. The van der Waals surface area contributed by atoms with Gasteiger partial charge in [0.2, 0.25) is 0 Å². The van der Waals surface area contributed by atoms with Crippen LogP contribution in [0.15, 0.2) is 11.6 Å². The Balaban J connectivity index is 1.19. The molecule has 3 N–H and O–H groups in total. The number of fused-ring (bicyclic) bond motifs is 5. The van der Waals surface area contributed by atoms with Gasteiger partial charge in [-0.2, -0.15) is 0 Å². The van der Waals surface area contributed by atoms with Gasteiger partial charge < -0.3 is 25.1 Å². The van der Waals surface area contributed by atoms with E-state index in [0.717, 1.165) is 69.8 Å². The molecule has 5 fully saturated rings. The Morgan fingerprint density at radius 2 is 1.84 bits per heavy atom. The van der Waals surface area contributed by atoms with Gasteiger partial charge in [0.05, 0.1) is 26.2 Å². The molecule has 0 amide bonds. The number of esters is 1. The quantitative estimate of drug-likeness (QED) is 0.331. The maximum Gasteiger partial charge on any atom is 0.331 e. The van der Waals surface area contributed by atoms with Crippen molar-refractivity contribution in [2.45, 2.75) is 127 Å². The predicted octanol–water partition coefficient (Wildman–Crippen LogP) is 4.44. The van der Waals surface area contributed by atoms with Crippen molar-refractivity contribution in [3.05, 3.63) is 11.6 Å². The van der Waals surface area contributed by atoms with Crippen LogP contribution in [0.3, 0.4) is 0 Å². The predicted molar refractivity (Wildman–Crippen MR) is 142 cm³/mol. The number of aliphatic hydroxyl groups is 1. The zero-order valence-electron chi connectivity index (χ0n) is 23.2. The van der Waals surface area contributed by atoms with Gasteiger partial charge in [-0.05, 0) is 98.4 Å². The third kappa shape index (κ3) is 3.69. The second kappa shape index (κ2) is 8.81. The number of carbonyl (C=O) groups is 1. The maximum atomic E-state index is 11.9. The van der Waals surface area contributed by atoms with Crippen molar-refractivity contribution in [2.24, 2.45) is 40.2 Å². The summed E-state index contributed by atoms with van der Waals surface area (Å²) in [6.07, 6.45) is 11.1. The van der Waals surface area contributed by atoms with Crippen LogP contribution in [0, 0.1) is 34.5 Å². The highest BCUT2D eigenvalue weighted by Crippen LogP contribution is 2.76. The van der Waals surface area contributed by atoms with Crippen LogP contribution in [0.25, 0.3) is 0 Å². The van der Waals surface area contributed by atoms with Gasteiger partial charge >= 0.3 is 5.97 Å². The van der Waals surface area contributed by atoms with Crippen LogP contribution in [0.1, 0.15) is 91.9 Å². The molecule has 1 saturated heterocycles. The lowest BCUT2D eigenvalue weighted by Gasteiger charge is -2.70. The molecule has 6 aliphatic rings. The maximum absolute atomic E-state index is 11.9. The summed E-state index contributed by atoms with van der Waals surface area (Å²) in [5, 5.41) is 9.94. The second-order valence-electron chi connectivity index (χ2n) is 14.2. The van der Waals surface area contributed by atoms with Crippen LogP contribution in [0.2, 0.25) is 5.31 Å². The van der Waals surface area contributed by atoms with E-state index in [9.17, 15) is 9.90 Å². The summed E-state index contributed by atoms with van der Waals surface area (Å²) >= 11 is 0. The smallest absolute Gasteiger partial charge is 0.331 e. The molecule has 204 valence electrons. The SMILES string of the molecule is [B][C@@]12CC[C@H](C3=CC(=O)OC3)[C@@]1(C)CCC1(N)C2CCC2C[C@@H](OC3C[C@H](C)[C@H](O)[C@H](C)O3)CC[C@@]21C. The van der Waals surface area contributed by atoms with Gasteiger partial charge in [-0.25, -0.2) is 4.79 Å². The summed E-state index contributed by atoms with van der Waals surface area (Å²) in [6, 6.07) is 0. The molecule has 4 saturated carbocycles. The van der Waals surface area contributed by atoms with Gasteiger partial charge in [0, 0.05) is 18.0 Å². The molecular formula is C30H46BNO5. The molecule has 7 heteroatoms. The number of nitrogens with two attached hydrogens (primary N) is 1. The summed E-state index contributed by atoms with van der Waals surface area (Å²) in [5.41, 5.74) is 8.43. The zero-order chi connectivity index (χ0) is 26.4. The molecule has 37 heavy (non-hydrogen) atoms. The summed E-state index contributed by atoms with van der Waals surface area (Å²) in [7, 11) is 7.51. The molecule has 6 nitrogen and oxygen atoms in total. The van der Waals surface area contributed by atoms with Gasteiger partial charge in [-0.1, -0.05) is 32.5 Å². The number of hydrogen-bond donors (Lipinski definition) is 2. The van der Waals surface area contributed by atoms with Crippen molar-refractivity contribution in [3.8, 4) is 0 Å². The molecule has 2 aliphatic heterocycles. The van der Waals surface area contributed by atoms with Gasteiger partial charge in [0.15, 0.2) is 6.29 Å². The van der Waals surface area contributed by atoms with E-state index in [0.29, 0.717) is 18.4 Å². The van der Waals surface area contributed by atoms with Crippen LogP contribution < -0.4 is 5.73 Å². The van der Waals surface area contributed by atoms with E-state index >= 15 is 0 Å². The van der Waals surface area contributed by atoms with Crippen LogP contribution in [0.5, 0.6) is 0 Å². The van der Waals surface area contributed by atoms with E-state index in [2.05, 4.69) is 20.8 Å². The van der Waals surface area contributed by atoms with Crippen LogP contribution >= 0.6 is 0 Å². The molecule has 12 atom stereocenters. The molecule has 0 aromatic rings. The topological polar surface area (TPSA) is 91.0 Å². The minimum absolute atomic E-state index is 0.0392. The molecule has 0 aromatic heterocycles. The fourth-order valence-corrected chi connectivity index (χ4v) is 10.3. The van der Waals surface area contributed by atoms with Crippen molar-refractivity contribution in [1.82, 2.24) is 0 Å². The van der Waals surface area contributed by atoms with Crippen LogP contribution in [-0.2, 0) is 19.0 Å². The van der Waals surface area contributed by atoms with Gasteiger partial charge in [-0.15, -0.1) is 0 Å². The first-order valence-corrected chi connectivity index (χ1v) is 14.9. The molecule has 0 bridgehead atoms. The van der Waals surface area contributed by atoms with Gasteiger partial charge in [0.1, 0.15) is 6.61 Å². The molecular weight excluding hydrogens is 465 g/mol. The average Bonchev–Trinajstić information content (AvgIpc) is 3.38. The van der Waals surface area contributed by atoms with Crippen molar-refractivity contribution in [1.29, 1.82) is 0 Å². The second-order valence-corrected chi connectivity index (χ2v) is 14.2. The third-order valence-electron chi connectivity index (χ3n) is 12.8. The average molecular weight is 512 g/mol. The molecule has 4 unspecified atom stereocenters. The van der Waals surface area contributed by atoms with Crippen molar-refractivity contribution in [2.75, 3.05) is 6.61 Å². The van der Waals surface area contributed by atoms with E-state index in [1.165, 1.54) is 0 Å². The Morgan fingerprint density at radius 1 is 1.05 bits per heavy atom. The van der Waals surface area contributed by atoms with Crippen molar-refractivity contribution in [3.63, 3.8) is 0 Å². The molecule has 6 rings (SSSR count). The third-order valence-corrected chi connectivity index (χ3v) is 12.8. The number of aliphatic hydroxyl groups excluding tert-OH is 1. The number of cyclic esters (lactones) is 1. The Bertz CT molecular complexity index is 962. The molecule has 0 aromatic carbocycles.